The Morgan fingerprint density at radius 3 is 1.77 bits per heavy atom. The lowest BCUT2D eigenvalue weighted by atomic mass is 10.1. The first-order chi connectivity index (χ1) is 14.5. The fourth-order valence-corrected chi connectivity index (χ4v) is 3.12. The molecule has 2 aromatic rings. The van der Waals surface area contributed by atoms with Crippen molar-refractivity contribution in [3.05, 3.63) is 53.9 Å². The van der Waals surface area contributed by atoms with Gasteiger partial charge in [0.1, 0.15) is 7.05 Å². The average Bonchev–Trinajstić information content (AvgIpc) is 2.67. The molecule has 0 aliphatic carbocycles. The van der Waals surface area contributed by atoms with Gasteiger partial charge in [-0.1, -0.05) is 18.2 Å². The van der Waals surface area contributed by atoms with Gasteiger partial charge in [0.15, 0.2) is 23.9 Å². The van der Waals surface area contributed by atoms with Crippen LogP contribution in [0.4, 0.5) is 0 Å². The third-order valence-corrected chi connectivity index (χ3v) is 4.90. The highest BCUT2D eigenvalue weighted by Crippen LogP contribution is 2.29. The normalized spacial score (nSPS) is 12.4. The molecular formula is C26H42N3O2+3. The van der Waals surface area contributed by atoms with Crippen molar-refractivity contribution < 1.29 is 23.0 Å². The van der Waals surface area contributed by atoms with Crippen LogP contribution in [0.2, 0.25) is 0 Å². The van der Waals surface area contributed by atoms with Crippen molar-refractivity contribution in [2.75, 3.05) is 68.6 Å². The molecule has 0 N–H and O–H groups in total. The van der Waals surface area contributed by atoms with Crippen molar-refractivity contribution >= 4 is 12.2 Å². The third kappa shape index (κ3) is 10.5. The number of rotatable bonds is 12. The SMILES string of the molecule is C[n+]1ccc(/C=C/c2ccc(OCCC[N+](C)(C)C)c(OCCC[N+](C)(C)C)c2)cc1. The number of benzene rings is 1. The van der Waals surface area contributed by atoms with Crippen LogP contribution in [-0.4, -0.2) is 77.6 Å². The van der Waals surface area contributed by atoms with Gasteiger partial charge in [0.2, 0.25) is 0 Å². The van der Waals surface area contributed by atoms with Gasteiger partial charge in [-0.15, -0.1) is 0 Å². The molecule has 0 aliphatic heterocycles. The van der Waals surface area contributed by atoms with Gasteiger partial charge < -0.3 is 18.4 Å². The molecule has 5 heteroatoms. The van der Waals surface area contributed by atoms with E-state index in [1.807, 2.05) is 17.7 Å². The van der Waals surface area contributed by atoms with Crippen molar-refractivity contribution in [2.24, 2.45) is 7.05 Å². The summed E-state index contributed by atoms with van der Waals surface area (Å²) in [6.45, 7) is 3.54. The predicted molar refractivity (Wildman–Crippen MR) is 129 cm³/mol. The Kier molecular flexibility index (Phi) is 9.08. The second-order valence-corrected chi connectivity index (χ2v) is 10.3. The van der Waals surface area contributed by atoms with E-state index in [0.29, 0.717) is 13.2 Å². The van der Waals surface area contributed by atoms with Crippen LogP contribution in [0, 0.1) is 0 Å². The number of aromatic nitrogens is 1. The molecule has 0 bridgehead atoms. The quantitative estimate of drug-likeness (QED) is 0.293. The van der Waals surface area contributed by atoms with Gasteiger partial charge in [0.05, 0.1) is 68.6 Å². The number of ether oxygens (including phenoxy) is 2. The van der Waals surface area contributed by atoms with E-state index in [-0.39, 0.29) is 0 Å². The predicted octanol–water partition coefficient (Wildman–Crippen LogP) is 3.63. The van der Waals surface area contributed by atoms with Crippen LogP contribution in [0.15, 0.2) is 42.7 Å². The van der Waals surface area contributed by atoms with E-state index in [1.54, 1.807) is 0 Å². The maximum atomic E-state index is 6.16. The van der Waals surface area contributed by atoms with Gasteiger partial charge in [0.25, 0.3) is 0 Å². The van der Waals surface area contributed by atoms with Crippen molar-refractivity contribution in [3.8, 4) is 11.5 Å². The summed E-state index contributed by atoms with van der Waals surface area (Å²) in [5.41, 5.74) is 2.28. The zero-order chi connectivity index (χ0) is 22.9. The summed E-state index contributed by atoms with van der Waals surface area (Å²) in [6, 6.07) is 10.4. The van der Waals surface area contributed by atoms with E-state index in [0.717, 1.165) is 52.0 Å². The van der Waals surface area contributed by atoms with Gasteiger partial charge in [-0.3, -0.25) is 0 Å². The van der Waals surface area contributed by atoms with Crippen molar-refractivity contribution in [1.82, 2.24) is 0 Å². The summed E-state index contributed by atoms with van der Waals surface area (Å²) in [4.78, 5) is 0. The van der Waals surface area contributed by atoms with Crippen molar-refractivity contribution in [2.45, 2.75) is 12.8 Å². The number of quaternary nitrogens is 2. The maximum absolute atomic E-state index is 6.16. The van der Waals surface area contributed by atoms with Gasteiger partial charge in [-0.2, -0.15) is 0 Å². The van der Waals surface area contributed by atoms with Gasteiger partial charge in [-0.25, -0.2) is 4.57 Å². The Hall–Kier alpha value is -2.37. The largest absolute Gasteiger partial charge is 0.489 e. The second kappa shape index (κ2) is 11.3. The number of pyridine rings is 1. The van der Waals surface area contributed by atoms with E-state index in [2.05, 4.69) is 91.1 Å². The Balaban J connectivity index is 2.06. The highest BCUT2D eigenvalue weighted by molar-refractivity contribution is 5.70. The third-order valence-electron chi connectivity index (χ3n) is 4.90. The first-order valence-corrected chi connectivity index (χ1v) is 11.2. The van der Waals surface area contributed by atoms with Crippen LogP contribution < -0.4 is 14.0 Å². The lowest BCUT2D eigenvalue weighted by Crippen LogP contribution is -2.36. The molecular weight excluding hydrogens is 386 g/mol. The van der Waals surface area contributed by atoms with Gasteiger partial charge >= 0.3 is 0 Å². The molecule has 1 aromatic heterocycles. The molecule has 170 valence electrons. The lowest BCUT2D eigenvalue weighted by molar-refractivity contribution is -0.870. The van der Waals surface area contributed by atoms with E-state index < -0.39 is 0 Å². The van der Waals surface area contributed by atoms with Crippen LogP contribution in [0.1, 0.15) is 24.0 Å². The standard InChI is InChI=1S/C26H42N3O2/c1-27-16-14-23(15-17-27)10-11-24-12-13-25(30-20-8-18-28(2,3)4)26(22-24)31-21-9-19-29(5,6)7/h10-17,22H,8-9,18-21H2,1-7H3/q+3/b11-10+. The summed E-state index contributed by atoms with van der Waals surface area (Å²) in [5, 5.41) is 0. The van der Waals surface area contributed by atoms with Crippen molar-refractivity contribution in [1.29, 1.82) is 0 Å². The monoisotopic (exact) mass is 428 g/mol. The minimum absolute atomic E-state index is 0.688. The summed E-state index contributed by atoms with van der Waals surface area (Å²) in [7, 11) is 15.3. The first kappa shape index (κ1) is 24.9. The minimum Gasteiger partial charge on any atom is -0.489 e. The molecule has 0 atom stereocenters. The number of nitrogens with zero attached hydrogens (tertiary/aromatic N) is 3. The highest BCUT2D eigenvalue weighted by Gasteiger charge is 2.11. The number of hydrogen-bond acceptors (Lipinski definition) is 2. The van der Waals surface area contributed by atoms with Crippen LogP contribution in [-0.2, 0) is 7.05 Å². The van der Waals surface area contributed by atoms with E-state index >= 15 is 0 Å². The van der Waals surface area contributed by atoms with Crippen LogP contribution in [0.5, 0.6) is 11.5 Å². The number of hydrogen-bond donors (Lipinski definition) is 0. The average molecular weight is 429 g/mol. The molecule has 1 aromatic carbocycles. The highest BCUT2D eigenvalue weighted by atomic mass is 16.5. The molecule has 2 rings (SSSR count). The summed E-state index contributed by atoms with van der Waals surface area (Å²) in [6.07, 6.45) is 10.4. The molecule has 0 saturated heterocycles. The molecule has 5 nitrogen and oxygen atoms in total. The molecule has 0 spiro atoms. The molecule has 0 radical (unpaired) electrons. The summed E-state index contributed by atoms with van der Waals surface area (Å²) < 4.78 is 16.2. The zero-order valence-electron chi connectivity index (χ0n) is 20.6. The molecule has 0 saturated carbocycles. The molecule has 1 heterocycles. The summed E-state index contributed by atoms with van der Waals surface area (Å²) >= 11 is 0. The Morgan fingerprint density at radius 1 is 0.710 bits per heavy atom. The molecule has 0 amide bonds. The van der Waals surface area contributed by atoms with Gasteiger partial charge in [0, 0.05) is 25.0 Å². The van der Waals surface area contributed by atoms with E-state index in [1.165, 1.54) is 5.56 Å². The molecule has 31 heavy (non-hydrogen) atoms. The van der Waals surface area contributed by atoms with E-state index in [9.17, 15) is 0 Å². The fraction of sp³-hybridized carbons (Fsp3) is 0.500. The Morgan fingerprint density at radius 2 is 1.23 bits per heavy atom. The van der Waals surface area contributed by atoms with Gasteiger partial charge in [-0.05, 0) is 23.3 Å². The second-order valence-electron chi connectivity index (χ2n) is 10.3. The van der Waals surface area contributed by atoms with Crippen LogP contribution >= 0.6 is 0 Å². The fourth-order valence-electron chi connectivity index (χ4n) is 3.12. The van der Waals surface area contributed by atoms with Crippen molar-refractivity contribution in [3.63, 3.8) is 0 Å². The molecule has 0 unspecified atom stereocenters. The maximum Gasteiger partial charge on any atom is 0.169 e. The van der Waals surface area contributed by atoms with E-state index in [4.69, 9.17) is 9.47 Å². The van der Waals surface area contributed by atoms with Crippen LogP contribution in [0.25, 0.3) is 12.2 Å². The lowest BCUT2D eigenvalue weighted by Gasteiger charge is -2.24. The smallest absolute Gasteiger partial charge is 0.169 e. The summed E-state index contributed by atoms with van der Waals surface area (Å²) in [5.74, 6) is 1.66. The Bertz CT molecular complexity index is 831. The topological polar surface area (TPSA) is 22.3 Å². The molecule has 0 aliphatic rings. The minimum atomic E-state index is 0.688. The molecule has 0 fully saturated rings. The first-order valence-electron chi connectivity index (χ1n) is 11.2. The Labute approximate surface area is 189 Å². The van der Waals surface area contributed by atoms with Crippen LogP contribution in [0.3, 0.4) is 0 Å². The number of aryl methyl sites for hydroxylation is 1. The zero-order valence-corrected chi connectivity index (χ0v) is 20.6.